The lowest BCUT2D eigenvalue weighted by molar-refractivity contribution is -0.141. The van der Waals surface area contributed by atoms with Crippen molar-refractivity contribution in [2.45, 2.75) is 77.5 Å². The molecule has 0 amide bonds. The van der Waals surface area contributed by atoms with Crippen molar-refractivity contribution in [1.29, 1.82) is 0 Å². The van der Waals surface area contributed by atoms with Gasteiger partial charge in [0.25, 0.3) is 0 Å². The van der Waals surface area contributed by atoms with Gasteiger partial charge in [0.05, 0.1) is 17.6 Å². The van der Waals surface area contributed by atoms with Gasteiger partial charge in [-0.3, -0.25) is 4.79 Å². The second-order valence-electron chi connectivity index (χ2n) is 6.52. The Morgan fingerprint density at radius 1 is 1.42 bits per heavy atom. The van der Waals surface area contributed by atoms with E-state index in [2.05, 4.69) is 26.1 Å². The fourth-order valence-electron chi connectivity index (χ4n) is 2.51. The highest BCUT2D eigenvalue weighted by molar-refractivity contribution is 5.69. The summed E-state index contributed by atoms with van der Waals surface area (Å²) in [6.45, 7) is 9.12. The zero-order valence-corrected chi connectivity index (χ0v) is 12.7. The average Bonchev–Trinajstić information content (AvgIpc) is 2.66. The number of nitrogens with one attached hydrogen (secondary N) is 1. The van der Waals surface area contributed by atoms with Crippen molar-refractivity contribution in [2.24, 2.45) is 5.92 Å². The normalized spacial score (nSPS) is 25.2. The van der Waals surface area contributed by atoms with E-state index >= 15 is 0 Å². The molecule has 0 bridgehead atoms. The summed E-state index contributed by atoms with van der Waals surface area (Å²) in [7, 11) is 0. The van der Waals surface area contributed by atoms with Gasteiger partial charge in [-0.2, -0.15) is 0 Å². The van der Waals surface area contributed by atoms with Crippen LogP contribution in [0.1, 0.15) is 59.8 Å². The molecular formula is C15H29NO3. The second-order valence-corrected chi connectivity index (χ2v) is 6.52. The van der Waals surface area contributed by atoms with E-state index in [-0.39, 0.29) is 11.5 Å². The molecule has 0 spiro atoms. The Morgan fingerprint density at radius 2 is 2.11 bits per heavy atom. The minimum absolute atomic E-state index is 0.0342. The van der Waals surface area contributed by atoms with Crippen LogP contribution in [0, 0.1) is 5.92 Å². The highest BCUT2D eigenvalue weighted by Crippen LogP contribution is 2.28. The Labute approximate surface area is 116 Å². The predicted molar refractivity (Wildman–Crippen MR) is 76.3 cm³/mol. The lowest BCUT2D eigenvalue weighted by atomic mass is 10.0. The summed E-state index contributed by atoms with van der Waals surface area (Å²) in [5.41, 5.74) is 0.0342. The minimum Gasteiger partial charge on any atom is -0.481 e. The van der Waals surface area contributed by atoms with Gasteiger partial charge in [-0.05, 0) is 46.5 Å². The summed E-state index contributed by atoms with van der Waals surface area (Å²) in [5, 5.41) is 12.3. The van der Waals surface area contributed by atoms with Crippen LogP contribution in [0.3, 0.4) is 0 Å². The van der Waals surface area contributed by atoms with Crippen molar-refractivity contribution in [3.63, 3.8) is 0 Å². The second kappa shape index (κ2) is 7.25. The zero-order valence-electron chi connectivity index (χ0n) is 12.7. The topological polar surface area (TPSA) is 58.6 Å². The number of hydrogen-bond donors (Lipinski definition) is 2. The molecule has 1 saturated heterocycles. The molecule has 0 aromatic heterocycles. The molecule has 1 fully saturated rings. The molecular weight excluding hydrogens is 242 g/mol. The monoisotopic (exact) mass is 271 g/mol. The lowest BCUT2D eigenvalue weighted by Gasteiger charge is -2.21. The van der Waals surface area contributed by atoms with Gasteiger partial charge in [0.2, 0.25) is 0 Å². The third-order valence-electron chi connectivity index (χ3n) is 3.94. The van der Waals surface area contributed by atoms with Gasteiger partial charge in [0.15, 0.2) is 0 Å². The number of carboxylic acids is 1. The zero-order chi connectivity index (χ0) is 14.5. The SMILES string of the molecule is CC(CCCC(C)C(=O)O)NCC1CCC(C)(C)O1. The van der Waals surface area contributed by atoms with E-state index in [0.717, 1.165) is 38.6 Å². The van der Waals surface area contributed by atoms with Crippen LogP contribution in [0.25, 0.3) is 0 Å². The molecule has 2 N–H and O–H groups in total. The van der Waals surface area contributed by atoms with E-state index in [0.29, 0.717) is 12.1 Å². The summed E-state index contributed by atoms with van der Waals surface area (Å²) >= 11 is 0. The molecule has 0 aromatic rings. The van der Waals surface area contributed by atoms with E-state index < -0.39 is 5.97 Å². The molecule has 0 aromatic carbocycles. The predicted octanol–water partition coefficient (Wildman–Crippen LogP) is 2.81. The van der Waals surface area contributed by atoms with Crippen LogP contribution in [0.2, 0.25) is 0 Å². The first-order chi connectivity index (χ1) is 8.80. The van der Waals surface area contributed by atoms with Crippen LogP contribution in [0.5, 0.6) is 0 Å². The smallest absolute Gasteiger partial charge is 0.306 e. The van der Waals surface area contributed by atoms with Crippen molar-refractivity contribution in [2.75, 3.05) is 6.54 Å². The van der Waals surface area contributed by atoms with E-state index in [9.17, 15) is 4.79 Å². The maximum atomic E-state index is 10.7. The molecule has 1 heterocycles. The van der Waals surface area contributed by atoms with E-state index in [4.69, 9.17) is 9.84 Å². The van der Waals surface area contributed by atoms with Gasteiger partial charge < -0.3 is 15.2 Å². The van der Waals surface area contributed by atoms with Crippen LogP contribution in [0.4, 0.5) is 0 Å². The molecule has 4 heteroatoms. The lowest BCUT2D eigenvalue weighted by Crippen LogP contribution is -2.35. The van der Waals surface area contributed by atoms with Crippen LogP contribution in [-0.4, -0.2) is 35.4 Å². The summed E-state index contributed by atoms with van der Waals surface area (Å²) in [4.78, 5) is 10.7. The number of rotatable bonds is 8. The number of hydrogen-bond acceptors (Lipinski definition) is 3. The first kappa shape index (κ1) is 16.4. The van der Waals surface area contributed by atoms with Crippen LogP contribution < -0.4 is 5.32 Å². The Kier molecular flexibility index (Phi) is 6.27. The summed E-state index contributed by atoms with van der Waals surface area (Å²) in [5.74, 6) is -0.923. The van der Waals surface area contributed by atoms with Gasteiger partial charge >= 0.3 is 5.97 Å². The van der Waals surface area contributed by atoms with Gasteiger partial charge in [-0.1, -0.05) is 13.3 Å². The van der Waals surface area contributed by atoms with Crippen LogP contribution >= 0.6 is 0 Å². The molecule has 0 saturated carbocycles. The molecule has 4 nitrogen and oxygen atoms in total. The highest BCUT2D eigenvalue weighted by Gasteiger charge is 2.31. The highest BCUT2D eigenvalue weighted by atomic mass is 16.5. The van der Waals surface area contributed by atoms with E-state index in [1.54, 1.807) is 6.92 Å². The molecule has 3 unspecified atom stereocenters. The summed E-state index contributed by atoms with van der Waals surface area (Å²) < 4.78 is 5.93. The third kappa shape index (κ3) is 6.39. The molecule has 112 valence electrons. The molecule has 19 heavy (non-hydrogen) atoms. The fourth-order valence-corrected chi connectivity index (χ4v) is 2.51. The number of aliphatic carboxylic acids is 1. The van der Waals surface area contributed by atoms with Crippen LogP contribution in [-0.2, 0) is 9.53 Å². The Bertz CT molecular complexity index is 291. The number of ether oxygens (including phenoxy) is 1. The maximum absolute atomic E-state index is 10.7. The molecule has 1 aliphatic rings. The first-order valence-corrected chi connectivity index (χ1v) is 7.44. The first-order valence-electron chi connectivity index (χ1n) is 7.44. The van der Waals surface area contributed by atoms with Crippen molar-refractivity contribution in [3.05, 3.63) is 0 Å². The minimum atomic E-state index is -0.692. The van der Waals surface area contributed by atoms with Crippen molar-refractivity contribution in [1.82, 2.24) is 5.32 Å². The molecule has 3 atom stereocenters. The summed E-state index contributed by atoms with van der Waals surface area (Å²) in [6, 6.07) is 0.424. The molecule has 0 aliphatic carbocycles. The molecule has 1 aliphatic heterocycles. The van der Waals surface area contributed by atoms with Gasteiger partial charge in [0.1, 0.15) is 0 Å². The number of carboxylic acid groups (broad SMARTS) is 1. The molecule has 0 radical (unpaired) electrons. The van der Waals surface area contributed by atoms with Crippen molar-refractivity contribution in [3.8, 4) is 0 Å². The Balaban J connectivity index is 2.08. The third-order valence-corrected chi connectivity index (χ3v) is 3.94. The molecule has 1 rings (SSSR count). The van der Waals surface area contributed by atoms with E-state index in [1.165, 1.54) is 0 Å². The van der Waals surface area contributed by atoms with Crippen LogP contribution in [0.15, 0.2) is 0 Å². The Morgan fingerprint density at radius 3 is 2.63 bits per heavy atom. The summed E-state index contributed by atoms with van der Waals surface area (Å²) in [6.07, 6.45) is 5.32. The van der Waals surface area contributed by atoms with Gasteiger partial charge in [0, 0.05) is 12.6 Å². The Hall–Kier alpha value is -0.610. The average molecular weight is 271 g/mol. The number of carbonyl (C=O) groups is 1. The quantitative estimate of drug-likeness (QED) is 0.712. The largest absolute Gasteiger partial charge is 0.481 e. The van der Waals surface area contributed by atoms with Gasteiger partial charge in [-0.15, -0.1) is 0 Å². The van der Waals surface area contributed by atoms with Gasteiger partial charge in [-0.25, -0.2) is 0 Å². The maximum Gasteiger partial charge on any atom is 0.306 e. The van der Waals surface area contributed by atoms with Crippen molar-refractivity contribution >= 4 is 5.97 Å². The van der Waals surface area contributed by atoms with E-state index in [1.807, 2.05) is 0 Å². The fraction of sp³-hybridized carbons (Fsp3) is 0.933. The standard InChI is InChI=1S/C15H29NO3/c1-11(14(17)18)6-5-7-12(2)16-10-13-8-9-15(3,4)19-13/h11-13,16H,5-10H2,1-4H3,(H,17,18). The van der Waals surface area contributed by atoms with Crippen molar-refractivity contribution < 1.29 is 14.6 Å².